The van der Waals surface area contributed by atoms with Crippen molar-refractivity contribution in [2.45, 2.75) is 24.1 Å². The summed E-state index contributed by atoms with van der Waals surface area (Å²) < 4.78 is -0.750. The van der Waals surface area contributed by atoms with Crippen molar-refractivity contribution in [3.63, 3.8) is 0 Å². The van der Waals surface area contributed by atoms with Crippen molar-refractivity contribution >= 4 is 69.6 Å². The Morgan fingerprint density at radius 1 is 1.00 bits per heavy atom. The van der Waals surface area contributed by atoms with Crippen LogP contribution in [0.2, 0.25) is 0 Å². The average Bonchev–Trinajstić information content (AvgIpc) is 1.89. The fraction of sp³-hybridized carbons (Fsp3) is 1.00. The standard InChI is InChI=1S/C4H9Cl.CHCl3.CH2Cl2/c1-2-3-4-5;2-1(3)4;2-1-3/h2-4H2,1H3;1H;1H2. The summed E-state index contributed by atoms with van der Waals surface area (Å²) in [7, 11) is 0. The molecule has 6 heteroatoms. The zero-order valence-corrected chi connectivity index (χ0v) is 11.2. The molecule has 0 aliphatic heterocycles. The molecule has 0 nitrogen and oxygen atoms in total. The molecule has 78 valence electrons. The molecule has 0 spiro atoms. The molecule has 0 radical (unpaired) electrons. The van der Waals surface area contributed by atoms with E-state index in [9.17, 15) is 0 Å². The fourth-order valence-electron chi connectivity index (χ4n) is 0.134. The summed E-state index contributed by atoms with van der Waals surface area (Å²) in [5.74, 6) is 0.816. The van der Waals surface area contributed by atoms with E-state index in [1.54, 1.807) is 0 Å². The quantitative estimate of drug-likeness (QED) is 0.596. The van der Waals surface area contributed by atoms with Crippen molar-refractivity contribution in [2.75, 3.05) is 11.2 Å². The van der Waals surface area contributed by atoms with E-state index >= 15 is 0 Å². The van der Waals surface area contributed by atoms with Gasteiger partial charge in [-0.1, -0.05) is 48.1 Å². The molecule has 0 aromatic rings. The van der Waals surface area contributed by atoms with E-state index in [1.165, 1.54) is 6.42 Å². The lowest BCUT2D eigenvalue weighted by Gasteiger charge is -1.77. The Bertz CT molecular complexity index is 44.5. The van der Waals surface area contributed by atoms with Crippen LogP contribution in [0.1, 0.15) is 19.8 Å². The molecule has 0 saturated heterocycles. The third kappa shape index (κ3) is 96.8. The van der Waals surface area contributed by atoms with Gasteiger partial charge in [0.05, 0.1) is 5.34 Å². The van der Waals surface area contributed by atoms with Crippen LogP contribution in [0.4, 0.5) is 0 Å². The molecule has 0 saturated carbocycles. The van der Waals surface area contributed by atoms with Crippen LogP contribution >= 0.6 is 69.6 Å². The van der Waals surface area contributed by atoms with Gasteiger partial charge in [0.1, 0.15) is 0 Å². The highest BCUT2D eigenvalue weighted by molar-refractivity contribution is 6.63. The zero-order valence-electron chi connectivity index (χ0n) is 6.67. The van der Waals surface area contributed by atoms with E-state index in [-0.39, 0.29) is 5.34 Å². The summed E-state index contributed by atoms with van der Waals surface area (Å²) in [5, 5.41) is 0.194. The molecular formula is C6H12Cl6. The molecule has 0 atom stereocenters. The summed E-state index contributed by atoms with van der Waals surface area (Å²) in [4.78, 5) is 0. The van der Waals surface area contributed by atoms with Gasteiger partial charge in [0.15, 0.2) is 4.30 Å². The Labute approximate surface area is 104 Å². The van der Waals surface area contributed by atoms with E-state index in [1.807, 2.05) is 0 Å². The Morgan fingerprint density at radius 2 is 1.25 bits per heavy atom. The van der Waals surface area contributed by atoms with Gasteiger partial charge in [-0.2, -0.15) is 0 Å². The first-order valence-corrected chi connectivity index (χ1v) is 6.08. The number of unbranched alkanes of at least 4 members (excludes halogenated alkanes) is 1. The topological polar surface area (TPSA) is 0 Å². The van der Waals surface area contributed by atoms with Crippen LogP contribution < -0.4 is 0 Å². The molecule has 12 heavy (non-hydrogen) atoms. The van der Waals surface area contributed by atoms with Crippen molar-refractivity contribution in [1.29, 1.82) is 0 Å². The Hall–Kier alpha value is 1.74. The molecule has 0 fully saturated rings. The van der Waals surface area contributed by atoms with Crippen molar-refractivity contribution < 1.29 is 0 Å². The number of hydrogen-bond acceptors (Lipinski definition) is 0. The largest absolute Gasteiger partial charge is 0.180 e. The van der Waals surface area contributed by atoms with Gasteiger partial charge in [0.25, 0.3) is 0 Å². The highest BCUT2D eigenvalue weighted by atomic mass is 35.6. The third-order valence-corrected chi connectivity index (χ3v) is 0.754. The van der Waals surface area contributed by atoms with Gasteiger partial charge in [-0.3, -0.25) is 0 Å². The highest BCUT2D eigenvalue weighted by Crippen LogP contribution is 2.03. The Morgan fingerprint density at radius 3 is 1.25 bits per heavy atom. The van der Waals surface area contributed by atoms with Crippen molar-refractivity contribution in [1.82, 2.24) is 0 Å². The molecule has 0 rings (SSSR count). The van der Waals surface area contributed by atoms with E-state index in [4.69, 9.17) is 69.6 Å². The number of hydrogen-bond donors (Lipinski definition) is 0. The van der Waals surface area contributed by atoms with Gasteiger partial charge in [-0.25, -0.2) is 0 Å². The molecule has 0 amide bonds. The lowest BCUT2D eigenvalue weighted by atomic mass is 10.4. The van der Waals surface area contributed by atoms with Crippen LogP contribution in [0.5, 0.6) is 0 Å². The van der Waals surface area contributed by atoms with Crippen molar-refractivity contribution in [3.05, 3.63) is 0 Å². The summed E-state index contributed by atoms with van der Waals surface area (Å²) in [6, 6.07) is 0. The molecule has 0 heterocycles. The molecular weight excluding hydrogens is 285 g/mol. The predicted octanol–water partition coefficient (Wildman–Crippen LogP) is 5.43. The molecule has 0 aromatic carbocycles. The average molecular weight is 297 g/mol. The summed E-state index contributed by atoms with van der Waals surface area (Å²) >= 11 is 29.2. The Balaban J connectivity index is -0.000000105. The third-order valence-electron chi connectivity index (χ3n) is 0.487. The van der Waals surface area contributed by atoms with Gasteiger partial charge in [0.2, 0.25) is 0 Å². The van der Waals surface area contributed by atoms with Crippen LogP contribution in [0.3, 0.4) is 0 Å². The summed E-state index contributed by atoms with van der Waals surface area (Å²) in [6.45, 7) is 2.13. The van der Waals surface area contributed by atoms with Crippen molar-refractivity contribution in [3.8, 4) is 0 Å². The number of halogens is 6. The van der Waals surface area contributed by atoms with Gasteiger partial charge in [0, 0.05) is 5.88 Å². The minimum atomic E-state index is -0.750. The molecule has 0 unspecified atom stereocenters. The van der Waals surface area contributed by atoms with Crippen molar-refractivity contribution in [2.24, 2.45) is 0 Å². The normalized spacial score (nSPS) is 8.00. The zero-order chi connectivity index (χ0) is 10.4. The van der Waals surface area contributed by atoms with Crippen LogP contribution in [-0.4, -0.2) is 15.5 Å². The minimum Gasteiger partial charge on any atom is -0.127 e. The smallest absolute Gasteiger partial charge is 0.127 e. The lowest BCUT2D eigenvalue weighted by Crippen LogP contribution is -1.65. The van der Waals surface area contributed by atoms with Gasteiger partial charge >= 0.3 is 0 Å². The fourth-order valence-corrected chi connectivity index (χ4v) is 0.401. The van der Waals surface area contributed by atoms with E-state index in [0.717, 1.165) is 12.3 Å². The van der Waals surface area contributed by atoms with E-state index in [0.29, 0.717) is 0 Å². The second-order valence-electron chi connectivity index (χ2n) is 1.39. The highest BCUT2D eigenvalue weighted by Gasteiger charge is 1.78. The second-order valence-corrected chi connectivity index (χ2v) is 4.56. The van der Waals surface area contributed by atoms with Crippen LogP contribution in [0.15, 0.2) is 0 Å². The van der Waals surface area contributed by atoms with Gasteiger partial charge < -0.3 is 0 Å². The van der Waals surface area contributed by atoms with Gasteiger partial charge in [-0.05, 0) is 6.42 Å². The van der Waals surface area contributed by atoms with Crippen LogP contribution in [0, 0.1) is 0 Å². The predicted molar refractivity (Wildman–Crippen MR) is 63.5 cm³/mol. The number of rotatable bonds is 2. The monoisotopic (exact) mass is 294 g/mol. The lowest BCUT2D eigenvalue weighted by molar-refractivity contribution is 0.892. The molecule has 0 bridgehead atoms. The molecule has 0 aliphatic carbocycles. The first-order valence-electron chi connectivity index (χ1n) is 3.16. The number of alkyl halides is 6. The SMILES string of the molecule is CCCCCl.ClC(Cl)Cl.ClCCl. The maximum Gasteiger partial charge on any atom is 0.180 e. The first kappa shape index (κ1) is 19.3. The maximum atomic E-state index is 5.30. The molecule has 0 N–H and O–H groups in total. The summed E-state index contributed by atoms with van der Waals surface area (Å²) in [6.07, 6.45) is 2.37. The van der Waals surface area contributed by atoms with E-state index in [2.05, 4.69) is 6.92 Å². The van der Waals surface area contributed by atoms with Crippen LogP contribution in [-0.2, 0) is 0 Å². The van der Waals surface area contributed by atoms with Crippen LogP contribution in [0.25, 0.3) is 0 Å². The van der Waals surface area contributed by atoms with E-state index < -0.39 is 4.30 Å². The van der Waals surface area contributed by atoms with Gasteiger partial charge in [-0.15, -0.1) is 34.8 Å². The summed E-state index contributed by atoms with van der Waals surface area (Å²) in [5.41, 5.74) is 0. The maximum absolute atomic E-state index is 5.30. The molecule has 0 aromatic heterocycles. The second kappa shape index (κ2) is 23.0. The molecule has 0 aliphatic rings. The minimum absolute atomic E-state index is 0.194. The Kier molecular flexibility index (Phi) is 37.0. The first-order chi connectivity index (χ1) is 5.56.